The van der Waals surface area contributed by atoms with E-state index in [9.17, 15) is 0 Å². The average molecular weight is 552 g/mol. The minimum atomic E-state index is -0.0474. The van der Waals surface area contributed by atoms with Gasteiger partial charge in [-0.25, -0.2) is 0 Å². The number of ether oxygens (including phenoxy) is 3. The van der Waals surface area contributed by atoms with Crippen LogP contribution in [0.4, 0.5) is 5.69 Å². The predicted molar refractivity (Wildman–Crippen MR) is 139 cm³/mol. The summed E-state index contributed by atoms with van der Waals surface area (Å²) in [6.45, 7) is 6.91. The lowest BCUT2D eigenvalue weighted by molar-refractivity contribution is 0.0936. The third-order valence-corrected chi connectivity index (χ3v) is 5.62. The van der Waals surface area contributed by atoms with Gasteiger partial charge in [-0.05, 0) is 43.5 Å². The topological polar surface area (TPSA) is 67.4 Å². The van der Waals surface area contributed by atoms with E-state index in [1.807, 2.05) is 36.4 Å². The third kappa shape index (κ3) is 6.34. The van der Waals surface area contributed by atoms with Crippen LogP contribution in [0.1, 0.15) is 13.3 Å². The van der Waals surface area contributed by atoms with Crippen molar-refractivity contribution in [3.63, 3.8) is 0 Å². The fraction of sp³-hybridized carbons (Fsp3) is 0.458. The SMILES string of the molecule is CCNC(=NCC1CCN(c2cccc(OC)c2)C1)NCC1COc2ccccc2O1.I. The van der Waals surface area contributed by atoms with Crippen LogP contribution in [-0.4, -0.2) is 58.5 Å². The van der Waals surface area contributed by atoms with Crippen molar-refractivity contribution in [3.8, 4) is 17.2 Å². The van der Waals surface area contributed by atoms with Gasteiger partial charge in [0.1, 0.15) is 18.5 Å². The molecule has 1 fully saturated rings. The Hall–Kier alpha value is -2.36. The summed E-state index contributed by atoms with van der Waals surface area (Å²) in [6, 6.07) is 16.1. The Bertz CT molecular complexity index is 895. The van der Waals surface area contributed by atoms with Crippen molar-refractivity contribution in [2.45, 2.75) is 19.4 Å². The molecule has 0 saturated carbocycles. The molecule has 0 amide bonds. The Labute approximate surface area is 207 Å². The first-order valence-electron chi connectivity index (χ1n) is 11.0. The summed E-state index contributed by atoms with van der Waals surface area (Å²) in [4.78, 5) is 7.24. The zero-order valence-electron chi connectivity index (χ0n) is 18.8. The van der Waals surface area contributed by atoms with Gasteiger partial charge in [0.05, 0.1) is 13.7 Å². The molecule has 2 aromatic rings. The van der Waals surface area contributed by atoms with E-state index in [4.69, 9.17) is 19.2 Å². The summed E-state index contributed by atoms with van der Waals surface area (Å²) in [6.07, 6.45) is 1.09. The molecule has 2 aliphatic heterocycles. The molecule has 2 atom stereocenters. The number of halogens is 1. The van der Waals surface area contributed by atoms with Crippen LogP contribution in [0.5, 0.6) is 17.2 Å². The van der Waals surface area contributed by atoms with Gasteiger partial charge in [0, 0.05) is 37.9 Å². The highest BCUT2D eigenvalue weighted by molar-refractivity contribution is 14.0. The number of nitrogens with zero attached hydrogens (tertiary/aromatic N) is 2. The minimum Gasteiger partial charge on any atom is -0.497 e. The van der Waals surface area contributed by atoms with Crippen molar-refractivity contribution in [2.75, 3.05) is 51.3 Å². The second-order valence-electron chi connectivity index (χ2n) is 7.90. The smallest absolute Gasteiger partial charge is 0.191 e. The van der Waals surface area contributed by atoms with Crippen LogP contribution in [0.15, 0.2) is 53.5 Å². The number of aliphatic imine (C=N–C) groups is 1. The lowest BCUT2D eigenvalue weighted by Crippen LogP contribution is -2.45. The maximum Gasteiger partial charge on any atom is 0.191 e. The highest BCUT2D eigenvalue weighted by Gasteiger charge is 2.23. The van der Waals surface area contributed by atoms with Crippen molar-refractivity contribution in [3.05, 3.63) is 48.5 Å². The van der Waals surface area contributed by atoms with E-state index in [2.05, 4.69) is 34.6 Å². The van der Waals surface area contributed by atoms with Crippen LogP contribution in [-0.2, 0) is 0 Å². The molecule has 2 N–H and O–H groups in total. The maximum atomic E-state index is 6.03. The monoisotopic (exact) mass is 552 g/mol. The normalized spacial score (nSPS) is 19.8. The van der Waals surface area contributed by atoms with E-state index < -0.39 is 0 Å². The van der Waals surface area contributed by atoms with Crippen LogP contribution in [0, 0.1) is 5.92 Å². The molecule has 32 heavy (non-hydrogen) atoms. The Kier molecular flexibility index (Phi) is 9.13. The first-order valence-corrected chi connectivity index (χ1v) is 11.0. The second kappa shape index (κ2) is 12.0. The molecule has 0 bridgehead atoms. The van der Waals surface area contributed by atoms with Gasteiger partial charge in [-0.15, -0.1) is 24.0 Å². The van der Waals surface area contributed by atoms with Crippen LogP contribution in [0.25, 0.3) is 0 Å². The Morgan fingerprint density at radius 3 is 2.81 bits per heavy atom. The van der Waals surface area contributed by atoms with E-state index in [1.54, 1.807) is 7.11 Å². The first kappa shape index (κ1) is 24.3. The van der Waals surface area contributed by atoms with E-state index >= 15 is 0 Å². The van der Waals surface area contributed by atoms with Crippen molar-refractivity contribution >= 4 is 35.6 Å². The van der Waals surface area contributed by atoms with Gasteiger partial charge in [-0.2, -0.15) is 0 Å². The van der Waals surface area contributed by atoms with Gasteiger partial charge >= 0.3 is 0 Å². The summed E-state index contributed by atoms with van der Waals surface area (Å²) in [7, 11) is 1.71. The van der Waals surface area contributed by atoms with Gasteiger partial charge in [0.25, 0.3) is 0 Å². The number of nitrogens with one attached hydrogen (secondary N) is 2. The number of hydrogen-bond acceptors (Lipinski definition) is 5. The second-order valence-corrected chi connectivity index (χ2v) is 7.90. The summed E-state index contributed by atoms with van der Waals surface area (Å²) in [5.41, 5.74) is 1.21. The number of anilines is 1. The standard InChI is InChI=1S/C24H32N4O3.HI/c1-3-25-24(27-15-21-17-30-22-9-4-5-10-23(22)31-21)26-14-18-11-12-28(16-18)19-7-6-8-20(13-19)29-2;/h4-10,13,18,21H,3,11-12,14-17H2,1-2H3,(H2,25,26,27);1H. The molecule has 2 heterocycles. The average Bonchev–Trinajstić information content (AvgIpc) is 3.30. The molecule has 0 aromatic heterocycles. The van der Waals surface area contributed by atoms with Crippen LogP contribution in [0.3, 0.4) is 0 Å². The number of para-hydroxylation sites is 2. The lowest BCUT2D eigenvalue weighted by atomic mass is 10.1. The van der Waals surface area contributed by atoms with Gasteiger partial charge in [-0.1, -0.05) is 18.2 Å². The Balaban J connectivity index is 0.00000289. The minimum absolute atomic E-state index is 0. The number of methoxy groups -OCH3 is 1. The fourth-order valence-corrected chi connectivity index (χ4v) is 3.96. The van der Waals surface area contributed by atoms with Gasteiger partial charge in [-0.3, -0.25) is 4.99 Å². The highest BCUT2D eigenvalue weighted by atomic mass is 127. The first-order chi connectivity index (χ1) is 15.2. The van der Waals surface area contributed by atoms with Crippen molar-refractivity contribution in [1.82, 2.24) is 10.6 Å². The van der Waals surface area contributed by atoms with E-state index in [1.165, 1.54) is 5.69 Å². The van der Waals surface area contributed by atoms with Gasteiger partial charge in [0.2, 0.25) is 0 Å². The third-order valence-electron chi connectivity index (χ3n) is 5.62. The molecule has 8 heteroatoms. The van der Waals surface area contributed by atoms with E-state index in [0.29, 0.717) is 19.1 Å². The molecule has 4 rings (SSSR count). The lowest BCUT2D eigenvalue weighted by Gasteiger charge is -2.27. The Morgan fingerprint density at radius 1 is 1.16 bits per heavy atom. The van der Waals surface area contributed by atoms with Crippen molar-refractivity contribution in [2.24, 2.45) is 10.9 Å². The molecule has 2 unspecified atom stereocenters. The molecular weight excluding hydrogens is 519 g/mol. The fourth-order valence-electron chi connectivity index (χ4n) is 3.96. The summed E-state index contributed by atoms with van der Waals surface area (Å²) in [5.74, 6) is 3.86. The number of benzene rings is 2. The van der Waals surface area contributed by atoms with Crippen LogP contribution in [0.2, 0.25) is 0 Å². The van der Waals surface area contributed by atoms with Crippen molar-refractivity contribution < 1.29 is 14.2 Å². The van der Waals surface area contributed by atoms with Gasteiger partial charge < -0.3 is 29.7 Å². The van der Waals surface area contributed by atoms with Crippen LogP contribution >= 0.6 is 24.0 Å². The van der Waals surface area contributed by atoms with Crippen LogP contribution < -0.4 is 29.7 Å². The molecule has 0 spiro atoms. The molecule has 174 valence electrons. The number of rotatable bonds is 7. The maximum absolute atomic E-state index is 6.03. The number of guanidine groups is 1. The largest absolute Gasteiger partial charge is 0.497 e. The molecule has 7 nitrogen and oxygen atoms in total. The molecule has 2 aliphatic rings. The van der Waals surface area contributed by atoms with Gasteiger partial charge in [0.15, 0.2) is 17.5 Å². The molecule has 0 radical (unpaired) electrons. The molecule has 1 saturated heterocycles. The Morgan fingerprint density at radius 2 is 2.00 bits per heavy atom. The summed E-state index contributed by atoms with van der Waals surface area (Å²) in [5, 5.41) is 6.74. The highest BCUT2D eigenvalue weighted by Crippen LogP contribution is 2.30. The number of hydrogen-bond donors (Lipinski definition) is 2. The van der Waals surface area contributed by atoms with E-state index in [0.717, 1.165) is 55.8 Å². The molecule has 0 aliphatic carbocycles. The molecule has 2 aromatic carbocycles. The van der Waals surface area contributed by atoms with E-state index in [-0.39, 0.29) is 30.1 Å². The summed E-state index contributed by atoms with van der Waals surface area (Å²) >= 11 is 0. The zero-order valence-corrected chi connectivity index (χ0v) is 21.1. The molecular formula is C24H33IN4O3. The predicted octanol–water partition coefficient (Wildman–Crippen LogP) is 3.53. The quantitative estimate of drug-likeness (QED) is 0.312. The number of fused-ring (bicyclic) bond motifs is 1. The zero-order chi connectivity index (χ0) is 21.5. The van der Waals surface area contributed by atoms with Crippen molar-refractivity contribution in [1.29, 1.82) is 0 Å². The summed E-state index contributed by atoms with van der Waals surface area (Å²) < 4.78 is 17.2.